The quantitative estimate of drug-likeness (QED) is 0.0320. The van der Waals surface area contributed by atoms with Crippen molar-refractivity contribution in [1.82, 2.24) is 0 Å². The van der Waals surface area contributed by atoms with Crippen molar-refractivity contribution in [1.29, 1.82) is 0 Å². The normalized spacial score (nSPS) is 10.5. The summed E-state index contributed by atoms with van der Waals surface area (Å²) in [6.07, 6.45) is -9.14. The molecule has 0 bridgehead atoms. The molecule has 17 nitrogen and oxygen atoms in total. The van der Waals surface area contributed by atoms with Gasteiger partial charge in [-0.2, -0.15) is 26.3 Å². The van der Waals surface area contributed by atoms with E-state index in [1.165, 1.54) is 93.5 Å². The van der Waals surface area contributed by atoms with Crippen LogP contribution in [-0.4, -0.2) is 45.2 Å². The van der Waals surface area contributed by atoms with Gasteiger partial charge in [0.25, 0.3) is 17.1 Å². The summed E-state index contributed by atoms with van der Waals surface area (Å²) >= 11 is 5.59. The molecule has 0 saturated heterocycles. The summed E-state index contributed by atoms with van der Waals surface area (Å²) in [4.78, 5) is 67.2. The molecule has 0 fully saturated rings. The lowest BCUT2D eigenvalue weighted by Gasteiger charge is -2.23. The average molecular weight is 1120 g/mol. The third-order valence-electron chi connectivity index (χ3n) is 9.14. The standard InChI is InChI=1S/C13H9F3N2O3S.C13H11F3N2OS.C11H10N2O2S.C6H6N2O2.C5H4OS/c14-13(15,16)12(19)17(8-11-5-2-6-22-11)9-3-1-4-10(7-9)18(20)21;14-13(15,16)12(19)18(8-11-5-2-6-20-11)10-4-1-3-9(17)7-10;14-13(15)10-4-1-3-9(7-10)12-8-11-5-2-6-16-11;7-5-2-1-3-6(4-5)8(9)10;6-4-5-2-1-3-7-5/h1-7H,8H2;1-7H,8,17H2;1-7,12H,8H2;1-4H,7H2;1-4H. The van der Waals surface area contributed by atoms with Crippen molar-refractivity contribution >= 4 is 109 Å². The Bertz CT molecular complexity index is 3090. The molecule has 75 heavy (non-hydrogen) atoms. The van der Waals surface area contributed by atoms with Gasteiger partial charge < -0.3 is 16.8 Å². The first kappa shape index (κ1) is 59.0. The monoisotopic (exact) mass is 1110 g/mol. The number of nitrogens with two attached hydrogens (primary N) is 2. The minimum Gasteiger partial charge on any atom is -0.399 e. The number of nitrogen functional groups attached to an aromatic ring is 2. The van der Waals surface area contributed by atoms with Crippen LogP contribution in [0.15, 0.2) is 167 Å². The van der Waals surface area contributed by atoms with Gasteiger partial charge in [-0.1, -0.05) is 48.5 Å². The van der Waals surface area contributed by atoms with E-state index in [-0.39, 0.29) is 41.5 Å². The predicted molar refractivity (Wildman–Crippen MR) is 279 cm³/mol. The molecule has 0 atom stereocenters. The summed E-state index contributed by atoms with van der Waals surface area (Å²) in [5.41, 5.74) is 12.0. The Balaban J connectivity index is 0.000000212. The number of carbonyl (C=O) groups excluding carboxylic acids is 3. The van der Waals surface area contributed by atoms with Gasteiger partial charge in [-0.15, -0.1) is 45.3 Å². The van der Waals surface area contributed by atoms with Crippen molar-refractivity contribution < 1.29 is 55.5 Å². The Morgan fingerprint density at radius 2 is 0.920 bits per heavy atom. The van der Waals surface area contributed by atoms with Gasteiger partial charge in [0.15, 0.2) is 6.29 Å². The molecule has 0 radical (unpaired) electrons. The van der Waals surface area contributed by atoms with Crippen molar-refractivity contribution in [3.05, 3.63) is 217 Å². The molecule has 27 heteroatoms. The number of anilines is 5. The zero-order chi connectivity index (χ0) is 55.1. The molecule has 8 aromatic rings. The molecule has 0 unspecified atom stereocenters. The lowest BCUT2D eigenvalue weighted by molar-refractivity contribution is -0.385. The second kappa shape index (κ2) is 28.6. The maximum absolute atomic E-state index is 12.8. The van der Waals surface area contributed by atoms with E-state index < -0.39 is 38.9 Å². The number of nitro benzene ring substituents is 3. The summed E-state index contributed by atoms with van der Waals surface area (Å²) in [5.74, 6) is -3.97. The van der Waals surface area contributed by atoms with E-state index in [0.29, 0.717) is 37.5 Å². The summed E-state index contributed by atoms with van der Waals surface area (Å²) in [6, 6.07) is 37.0. The number of thiophene rings is 4. The van der Waals surface area contributed by atoms with E-state index in [2.05, 4.69) is 5.32 Å². The third kappa shape index (κ3) is 20.1. The van der Waals surface area contributed by atoms with E-state index in [4.69, 9.17) is 11.5 Å². The number of non-ortho nitro benzene ring substituents is 3. The average Bonchev–Trinajstić information content (AvgIpc) is 4.25. The summed E-state index contributed by atoms with van der Waals surface area (Å²) < 4.78 is 76.3. The third-order valence-corrected chi connectivity index (χ3v) is 12.5. The number of carbonyl (C=O) groups is 3. The number of alkyl halides is 6. The Hall–Kier alpha value is -8.53. The van der Waals surface area contributed by atoms with Crippen LogP contribution in [0, 0.1) is 30.3 Å². The number of amides is 2. The first-order valence-corrected chi connectivity index (χ1v) is 24.5. The highest BCUT2D eigenvalue weighted by Crippen LogP contribution is 2.30. The molecule has 0 aliphatic carbocycles. The molecule has 0 aliphatic rings. The van der Waals surface area contributed by atoms with Crippen LogP contribution in [0.25, 0.3) is 0 Å². The lowest BCUT2D eigenvalue weighted by Crippen LogP contribution is -2.40. The van der Waals surface area contributed by atoms with Crippen molar-refractivity contribution in [3.63, 3.8) is 0 Å². The van der Waals surface area contributed by atoms with Crippen LogP contribution < -0.4 is 26.6 Å². The Kier molecular flexibility index (Phi) is 22.5. The number of halogens is 6. The van der Waals surface area contributed by atoms with Crippen LogP contribution in [0.3, 0.4) is 0 Å². The number of hydrogen-bond acceptors (Lipinski definition) is 16. The largest absolute Gasteiger partial charge is 0.471 e. The molecule has 0 saturated carbocycles. The summed E-state index contributed by atoms with van der Waals surface area (Å²) in [6.45, 7) is 0.246. The summed E-state index contributed by atoms with van der Waals surface area (Å²) in [5, 5.41) is 41.8. The van der Waals surface area contributed by atoms with Crippen molar-refractivity contribution in [2.24, 2.45) is 0 Å². The SMILES string of the molecule is Nc1cccc(N(Cc2cccs2)C(=O)C(F)(F)F)c1.Nc1cccc([N+](=O)[O-])c1.O=C(N(Cc1cccs1)c1cccc([N+](=O)[O-])c1)C(F)(F)F.O=Cc1cccs1.O=[N+]([O-])c1cccc(NCc2cccs2)c1. The highest BCUT2D eigenvalue weighted by Gasteiger charge is 2.44. The fourth-order valence-electron chi connectivity index (χ4n) is 5.78. The first-order valence-electron chi connectivity index (χ1n) is 21.0. The molecule has 5 N–H and O–H groups in total. The molecular formula is C48H40F6N8O9S4. The number of nitrogens with one attached hydrogen (secondary N) is 1. The maximum Gasteiger partial charge on any atom is 0.471 e. The molecule has 392 valence electrons. The van der Waals surface area contributed by atoms with Crippen LogP contribution >= 0.6 is 45.3 Å². The zero-order valence-electron chi connectivity index (χ0n) is 38.3. The lowest BCUT2D eigenvalue weighted by atomic mass is 10.2. The van der Waals surface area contributed by atoms with Crippen LogP contribution in [0.2, 0.25) is 0 Å². The van der Waals surface area contributed by atoms with E-state index in [1.807, 2.05) is 35.0 Å². The van der Waals surface area contributed by atoms with Gasteiger partial charge in [0, 0.05) is 80.3 Å². The summed E-state index contributed by atoms with van der Waals surface area (Å²) in [7, 11) is 0. The molecule has 4 heterocycles. The van der Waals surface area contributed by atoms with Gasteiger partial charge in [0.05, 0.1) is 38.4 Å². The van der Waals surface area contributed by atoms with E-state index in [0.717, 1.165) is 29.0 Å². The van der Waals surface area contributed by atoms with Crippen LogP contribution in [0.4, 0.5) is 71.8 Å². The highest BCUT2D eigenvalue weighted by molar-refractivity contribution is 7.11. The van der Waals surface area contributed by atoms with Gasteiger partial charge in [0.2, 0.25) is 0 Å². The zero-order valence-corrected chi connectivity index (χ0v) is 41.6. The van der Waals surface area contributed by atoms with Crippen LogP contribution in [-0.2, 0) is 29.2 Å². The van der Waals surface area contributed by atoms with Crippen molar-refractivity contribution in [3.8, 4) is 0 Å². The molecule has 8 rings (SSSR count). The number of nitro groups is 3. The van der Waals surface area contributed by atoms with Gasteiger partial charge in [-0.05, 0) is 82.2 Å². The smallest absolute Gasteiger partial charge is 0.399 e. The minimum absolute atomic E-state index is 0.0278. The van der Waals surface area contributed by atoms with Gasteiger partial charge in [-0.25, -0.2) is 0 Å². The number of hydrogen-bond donors (Lipinski definition) is 3. The molecule has 4 aromatic carbocycles. The number of rotatable bonds is 13. The Morgan fingerprint density at radius 1 is 0.520 bits per heavy atom. The fraction of sp³-hybridized carbons (Fsp3) is 0.104. The van der Waals surface area contributed by atoms with Crippen LogP contribution in [0.5, 0.6) is 0 Å². The highest BCUT2D eigenvalue weighted by atomic mass is 32.1. The molecule has 4 aromatic heterocycles. The first-order chi connectivity index (χ1) is 35.5. The van der Waals surface area contributed by atoms with E-state index in [9.17, 15) is 71.1 Å². The van der Waals surface area contributed by atoms with Gasteiger partial charge in [0.1, 0.15) is 0 Å². The van der Waals surface area contributed by atoms with Gasteiger partial charge in [-0.3, -0.25) is 54.5 Å². The molecule has 0 aliphatic heterocycles. The van der Waals surface area contributed by atoms with E-state index >= 15 is 0 Å². The maximum atomic E-state index is 12.8. The second-order valence-corrected chi connectivity index (χ2v) is 18.6. The topological polar surface area (TPSA) is 251 Å². The molecular weight excluding hydrogens is 1070 g/mol. The predicted octanol–water partition coefficient (Wildman–Crippen LogP) is 13.2. The number of aldehydes is 1. The second-order valence-electron chi connectivity index (χ2n) is 14.5. The van der Waals surface area contributed by atoms with E-state index in [1.54, 1.807) is 76.7 Å². The number of benzene rings is 4. The molecule has 2 amide bonds. The molecule has 0 spiro atoms. The van der Waals surface area contributed by atoms with Gasteiger partial charge >= 0.3 is 24.2 Å². The van der Waals surface area contributed by atoms with Crippen LogP contribution in [0.1, 0.15) is 24.3 Å². The number of nitrogens with zero attached hydrogens (tertiary/aromatic N) is 5. The fourth-order valence-corrected chi connectivity index (χ4v) is 8.34. The minimum atomic E-state index is -5.07. The Labute approximate surface area is 438 Å². The Morgan fingerprint density at radius 3 is 1.31 bits per heavy atom. The van der Waals surface area contributed by atoms with Crippen molar-refractivity contribution in [2.75, 3.05) is 26.6 Å². The van der Waals surface area contributed by atoms with Crippen molar-refractivity contribution in [2.45, 2.75) is 32.0 Å².